The van der Waals surface area contributed by atoms with Gasteiger partial charge in [-0.1, -0.05) is 6.92 Å². The van der Waals surface area contributed by atoms with Crippen LogP contribution in [0, 0.1) is 0 Å². The van der Waals surface area contributed by atoms with Gasteiger partial charge in [-0.3, -0.25) is 14.2 Å². The number of aliphatic carboxylic acids is 1. The molecule has 2 aromatic rings. The van der Waals surface area contributed by atoms with Crippen molar-refractivity contribution in [1.29, 1.82) is 0 Å². The molecule has 0 saturated carbocycles. The zero-order chi connectivity index (χ0) is 15.2. The highest BCUT2D eigenvalue weighted by Crippen LogP contribution is 2.11. The van der Waals surface area contributed by atoms with Gasteiger partial charge in [-0.15, -0.1) is 10.2 Å². The van der Waals surface area contributed by atoms with Crippen LogP contribution in [0.2, 0.25) is 0 Å². The molecule has 0 fully saturated rings. The molecule has 2 rings (SSSR count). The standard InChI is InChI=1S/C14H16N4O3/c1-2-7-17(8-13(19)20)14(21)11-3-5-12(6-4-11)18-9-15-16-10-18/h3-6,9-10H,2,7-8H2,1H3,(H,19,20). The van der Waals surface area contributed by atoms with Crippen LogP contribution in [0.4, 0.5) is 0 Å². The molecule has 0 unspecified atom stereocenters. The van der Waals surface area contributed by atoms with E-state index in [9.17, 15) is 9.59 Å². The highest BCUT2D eigenvalue weighted by Gasteiger charge is 2.17. The Bertz CT molecular complexity index is 608. The zero-order valence-corrected chi connectivity index (χ0v) is 11.6. The van der Waals surface area contributed by atoms with E-state index >= 15 is 0 Å². The summed E-state index contributed by atoms with van der Waals surface area (Å²) >= 11 is 0. The molecule has 0 bridgehead atoms. The number of benzene rings is 1. The van der Waals surface area contributed by atoms with E-state index in [1.54, 1.807) is 41.5 Å². The van der Waals surface area contributed by atoms with Gasteiger partial charge in [0.2, 0.25) is 0 Å². The maximum atomic E-state index is 12.3. The van der Waals surface area contributed by atoms with E-state index in [4.69, 9.17) is 5.11 Å². The summed E-state index contributed by atoms with van der Waals surface area (Å²) in [5.74, 6) is -1.30. The normalized spacial score (nSPS) is 10.3. The smallest absolute Gasteiger partial charge is 0.323 e. The molecule has 0 radical (unpaired) electrons. The fourth-order valence-corrected chi connectivity index (χ4v) is 1.98. The lowest BCUT2D eigenvalue weighted by Crippen LogP contribution is -2.36. The summed E-state index contributed by atoms with van der Waals surface area (Å²) in [6, 6.07) is 6.87. The average Bonchev–Trinajstić information content (AvgIpc) is 3.00. The molecule has 1 aromatic carbocycles. The van der Waals surface area contributed by atoms with E-state index in [0.29, 0.717) is 18.5 Å². The second-order valence-electron chi connectivity index (χ2n) is 4.54. The van der Waals surface area contributed by atoms with Crippen molar-refractivity contribution < 1.29 is 14.7 Å². The number of amides is 1. The van der Waals surface area contributed by atoms with E-state index in [2.05, 4.69) is 10.2 Å². The third-order valence-corrected chi connectivity index (χ3v) is 2.94. The van der Waals surface area contributed by atoms with Crippen molar-refractivity contribution in [2.75, 3.05) is 13.1 Å². The minimum atomic E-state index is -1.02. The number of hydrogen-bond acceptors (Lipinski definition) is 4. The molecule has 7 nitrogen and oxygen atoms in total. The quantitative estimate of drug-likeness (QED) is 0.863. The predicted molar refractivity (Wildman–Crippen MR) is 75.2 cm³/mol. The van der Waals surface area contributed by atoms with Gasteiger partial charge in [0.1, 0.15) is 19.2 Å². The third-order valence-electron chi connectivity index (χ3n) is 2.94. The molecule has 1 N–H and O–H groups in total. The highest BCUT2D eigenvalue weighted by atomic mass is 16.4. The van der Waals surface area contributed by atoms with E-state index in [1.807, 2.05) is 6.92 Å². The molecule has 0 aliphatic heterocycles. The Morgan fingerprint density at radius 1 is 1.19 bits per heavy atom. The molecule has 0 aliphatic carbocycles. The van der Waals surface area contributed by atoms with Crippen LogP contribution in [0.25, 0.3) is 5.69 Å². The third kappa shape index (κ3) is 3.65. The summed E-state index contributed by atoms with van der Waals surface area (Å²) in [6.45, 7) is 2.02. The minimum absolute atomic E-state index is 0.283. The van der Waals surface area contributed by atoms with E-state index in [1.165, 1.54) is 4.90 Å². The average molecular weight is 288 g/mol. The van der Waals surface area contributed by atoms with Gasteiger partial charge in [0.25, 0.3) is 5.91 Å². The second kappa shape index (κ2) is 6.65. The molecule has 1 heterocycles. The number of nitrogens with zero attached hydrogens (tertiary/aromatic N) is 4. The monoisotopic (exact) mass is 288 g/mol. The van der Waals surface area contributed by atoms with Crippen molar-refractivity contribution in [3.63, 3.8) is 0 Å². The van der Waals surface area contributed by atoms with Crippen molar-refractivity contribution in [3.05, 3.63) is 42.5 Å². The van der Waals surface area contributed by atoms with Crippen molar-refractivity contribution in [1.82, 2.24) is 19.7 Å². The lowest BCUT2D eigenvalue weighted by Gasteiger charge is -2.20. The molecular weight excluding hydrogens is 272 g/mol. The summed E-state index contributed by atoms with van der Waals surface area (Å²) < 4.78 is 1.72. The van der Waals surface area contributed by atoms with E-state index in [-0.39, 0.29) is 12.5 Å². The maximum Gasteiger partial charge on any atom is 0.323 e. The van der Waals surface area contributed by atoms with Gasteiger partial charge in [-0.05, 0) is 30.7 Å². The topological polar surface area (TPSA) is 88.3 Å². The summed E-state index contributed by atoms with van der Waals surface area (Å²) in [7, 11) is 0. The van der Waals surface area contributed by atoms with Gasteiger partial charge in [-0.2, -0.15) is 0 Å². The van der Waals surface area contributed by atoms with Gasteiger partial charge in [-0.25, -0.2) is 0 Å². The van der Waals surface area contributed by atoms with Crippen LogP contribution in [0.3, 0.4) is 0 Å². The molecular formula is C14H16N4O3. The number of hydrogen-bond donors (Lipinski definition) is 1. The second-order valence-corrected chi connectivity index (χ2v) is 4.54. The molecule has 0 atom stereocenters. The molecule has 21 heavy (non-hydrogen) atoms. The number of carboxylic acids is 1. The van der Waals surface area contributed by atoms with Crippen molar-refractivity contribution in [2.24, 2.45) is 0 Å². The number of carboxylic acid groups (broad SMARTS) is 1. The van der Waals surface area contributed by atoms with Crippen LogP contribution >= 0.6 is 0 Å². The van der Waals surface area contributed by atoms with Crippen LogP contribution in [0.5, 0.6) is 0 Å². The first-order valence-electron chi connectivity index (χ1n) is 6.58. The lowest BCUT2D eigenvalue weighted by atomic mass is 10.1. The van der Waals surface area contributed by atoms with Crippen LogP contribution in [-0.4, -0.2) is 49.7 Å². The number of carbonyl (C=O) groups excluding carboxylic acids is 1. The fraction of sp³-hybridized carbons (Fsp3) is 0.286. The summed E-state index contributed by atoms with van der Waals surface area (Å²) in [6.07, 6.45) is 3.83. The van der Waals surface area contributed by atoms with E-state index < -0.39 is 5.97 Å². The Morgan fingerprint density at radius 3 is 2.33 bits per heavy atom. The van der Waals surface area contributed by atoms with Crippen molar-refractivity contribution in [2.45, 2.75) is 13.3 Å². The zero-order valence-electron chi connectivity index (χ0n) is 11.6. The number of aromatic nitrogens is 3. The minimum Gasteiger partial charge on any atom is -0.480 e. The highest BCUT2D eigenvalue weighted by molar-refractivity contribution is 5.96. The Kier molecular flexibility index (Phi) is 4.65. The van der Waals surface area contributed by atoms with E-state index in [0.717, 1.165) is 5.69 Å². The first-order chi connectivity index (χ1) is 10.1. The lowest BCUT2D eigenvalue weighted by molar-refractivity contribution is -0.137. The molecule has 0 spiro atoms. The maximum absolute atomic E-state index is 12.3. The molecule has 0 saturated heterocycles. The van der Waals surface area contributed by atoms with Gasteiger partial charge >= 0.3 is 5.97 Å². The Balaban J connectivity index is 2.16. The molecule has 1 amide bonds. The molecule has 1 aromatic heterocycles. The SMILES string of the molecule is CCCN(CC(=O)O)C(=O)c1ccc(-n2cnnc2)cc1. The van der Waals surface area contributed by atoms with Crippen LogP contribution in [0.15, 0.2) is 36.9 Å². The van der Waals surface area contributed by atoms with Crippen LogP contribution in [-0.2, 0) is 4.79 Å². The van der Waals surface area contributed by atoms with Gasteiger partial charge in [0.05, 0.1) is 0 Å². The molecule has 110 valence electrons. The van der Waals surface area contributed by atoms with Crippen LogP contribution < -0.4 is 0 Å². The van der Waals surface area contributed by atoms with Gasteiger partial charge < -0.3 is 10.0 Å². The van der Waals surface area contributed by atoms with Crippen molar-refractivity contribution in [3.8, 4) is 5.69 Å². The number of carbonyl (C=O) groups is 2. The molecule has 0 aliphatic rings. The summed E-state index contributed by atoms with van der Waals surface area (Å²) in [5.41, 5.74) is 1.29. The largest absolute Gasteiger partial charge is 0.480 e. The fourth-order valence-electron chi connectivity index (χ4n) is 1.98. The number of rotatable bonds is 6. The predicted octanol–water partition coefficient (Wildman–Crippen LogP) is 1.20. The summed E-state index contributed by atoms with van der Waals surface area (Å²) in [4.78, 5) is 24.4. The molecule has 7 heteroatoms. The van der Waals surface area contributed by atoms with Gasteiger partial charge in [0.15, 0.2) is 0 Å². The Labute approximate surface area is 121 Å². The first kappa shape index (κ1) is 14.7. The van der Waals surface area contributed by atoms with Crippen LogP contribution in [0.1, 0.15) is 23.7 Å². The Morgan fingerprint density at radius 2 is 1.81 bits per heavy atom. The Hall–Kier alpha value is -2.70. The first-order valence-corrected chi connectivity index (χ1v) is 6.58. The van der Waals surface area contributed by atoms with Crippen molar-refractivity contribution >= 4 is 11.9 Å². The van der Waals surface area contributed by atoms with Gasteiger partial charge in [0, 0.05) is 17.8 Å². The summed E-state index contributed by atoms with van der Waals surface area (Å²) in [5, 5.41) is 16.3.